The Morgan fingerprint density at radius 3 is 2.36 bits per heavy atom. The lowest BCUT2D eigenvalue weighted by Gasteiger charge is -2.27. The van der Waals surface area contributed by atoms with E-state index < -0.39 is 0 Å². The van der Waals surface area contributed by atoms with E-state index >= 15 is 0 Å². The number of furan rings is 1. The minimum Gasteiger partial charge on any atom is -0.467 e. The quantitative estimate of drug-likeness (QED) is 0.406. The number of nitrogens with zero attached hydrogens (tertiary/aromatic N) is 2. The summed E-state index contributed by atoms with van der Waals surface area (Å²) in [5, 5.41) is 0. The highest BCUT2D eigenvalue weighted by molar-refractivity contribution is 5.88. The van der Waals surface area contributed by atoms with Gasteiger partial charge in [-0.25, -0.2) is 0 Å². The van der Waals surface area contributed by atoms with Crippen molar-refractivity contribution in [1.82, 2.24) is 9.80 Å². The lowest BCUT2D eigenvalue weighted by molar-refractivity contribution is -0.141. The molecule has 4 rings (SSSR count). The van der Waals surface area contributed by atoms with E-state index in [1.807, 2.05) is 48.5 Å². The second-order valence-electron chi connectivity index (χ2n) is 8.50. The zero-order valence-corrected chi connectivity index (χ0v) is 18.8. The predicted molar refractivity (Wildman–Crippen MR) is 128 cm³/mol. The van der Waals surface area contributed by atoms with Crippen LogP contribution >= 0.6 is 0 Å². The van der Waals surface area contributed by atoms with Crippen LogP contribution in [0.25, 0.3) is 0 Å². The van der Waals surface area contributed by atoms with Gasteiger partial charge in [0.15, 0.2) is 0 Å². The third-order valence-electron chi connectivity index (χ3n) is 6.12. The maximum absolute atomic E-state index is 13.3. The van der Waals surface area contributed by atoms with E-state index in [2.05, 4.69) is 30.8 Å². The Morgan fingerprint density at radius 2 is 1.70 bits per heavy atom. The van der Waals surface area contributed by atoms with Gasteiger partial charge in [0.1, 0.15) is 12.3 Å². The van der Waals surface area contributed by atoms with Gasteiger partial charge in [-0.05, 0) is 42.0 Å². The van der Waals surface area contributed by atoms with Gasteiger partial charge in [-0.3, -0.25) is 9.59 Å². The van der Waals surface area contributed by atoms with Crippen LogP contribution in [0.1, 0.15) is 29.2 Å². The number of carbonyl (C=O) groups is 2. The largest absolute Gasteiger partial charge is 0.467 e. The normalized spacial score (nSPS) is 16.7. The lowest BCUT2D eigenvalue weighted by atomic mass is 10.1. The summed E-state index contributed by atoms with van der Waals surface area (Å²) in [6, 6.07) is 23.9. The van der Waals surface area contributed by atoms with Crippen molar-refractivity contribution < 1.29 is 14.0 Å². The highest BCUT2D eigenvalue weighted by Crippen LogP contribution is 2.48. The van der Waals surface area contributed by atoms with E-state index in [1.165, 1.54) is 5.56 Å². The van der Waals surface area contributed by atoms with Crippen molar-refractivity contribution in [2.75, 3.05) is 19.6 Å². The summed E-state index contributed by atoms with van der Waals surface area (Å²) in [5.41, 5.74) is 2.35. The van der Waals surface area contributed by atoms with E-state index in [4.69, 9.17) is 4.42 Å². The van der Waals surface area contributed by atoms with Gasteiger partial charge in [0.05, 0.1) is 12.8 Å². The van der Waals surface area contributed by atoms with Crippen LogP contribution in [0, 0.1) is 5.92 Å². The summed E-state index contributed by atoms with van der Waals surface area (Å²) < 4.78 is 5.49. The molecule has 1 saturated carbocycles. The zero-order chi connectivity index (χ0) is 23.0. The molecule has 0 saturated heterocycles. The minimum absolute atomic E-state index is 0.0260. The molecule has 1 fully saturated rings. The van der Waals surface area contributed by atoms with Gasteiger partial charge in [-0.2, -0.15) is 0 Å². The molecule has 0 N–H and O–H groups in total. The zero-order valence-electron chi connectivity index (χ0n) is 18.8. The number of carbonyl (C=O) groups excluding carboxylic acids is 2. The number of benzene rings is 2. The van der Waals surface area contributed by atoms with Crippen molar-refractivity contribution in [3.05, 3.63) is 109 Å². The van der Waals surface area contributed by atoms with Crippen LogP contribution in [0.15, 0.2) is 96.1 Å². The standard InChI is InChI=1S/C28H30N2O3/c1-2-16-30(28(32)26-19-25(26)23-12-7-4-8-13-23)21-27(31)29(20-24-14-9-18-33-24)17-15-22-10-5-3-6-11-22/h2-14,18,25-26H,1,15-17,19-21H2. The van der Waals surface area contributed by atoms with Crippen LogP contribution in [-0.2, 0) is 22.6 Å². The smallest absolute Gasteiger partial charge is 0.242 e. The van der Waals surface area contributed by atoms with E-state index in [0.717, 1.165) is 24.2 Å². The molecule has 170 valence electrons. The number of hydrogen-bond donors (Lipinski definition) is 0. The van der Waals surface area contributed by atoms with Crippen molar-refractivity contribution in [1.29, 1.82) is 0 Å². The summed E-state index contributed by atoms with van der Waals surface area (Å²) in [5.74, 6) is 0.832. The molecule has 0 radical (unpaired) electrons. The minimum atomic E-state index is -0.0885. The first-order valence-electron chi connectivity index (χ1n) is 11.4. The van der Waals surface area contributed by atoms with Crippen LogP contribution in [0.4, 0.5) is 0 Å². The fraction of sp³-hybridized carbons (Fsp3) is 0.286. The summed E-state index contributed by atoms with van der Waals surface area (Å²) in [6.07, 6.45) is 4.86. The van der Waals surface area contributed by atoms with Crippen molar-refractivity contribution in [3.63, 3.8) is 0 Å². The molecule has 0 aliphatic heterocycles. The van der Waals surface area contributed by atoms with Gasteiger partial charge in [-0.1, -0.05) is 66.7 Å². The molecule has 2 amide bonds. The summed E-state index contributed by atoms with van der Waals surface area (Å²) in [7, 11) is 0. The van der Waals surface area contributed by atoms with Crippen LogP contribution in [0.3, 0.4) is 0 Å². The van der Waals surface area contributed by atoms with E-state index in [1.54, 1.807) is 22.1 Å². The Labute approximate surface area is 195 Å². The highest BCUT2D eigenvalue weighted by atomic mass is 16.3. The Bertz CT molecular complexity index is 1050. The van der Waals surface area contributed by atoms with Gasteiger partial charge in [0.25, 0.3) is 0 Å². The van der Waals surface area contributed by atoms with Gasteiger partial charge >= 0.3 is 0 Å². The van der Waals surface area contributed by atoms with Crippen LogP contribution < -0.4 is 0 Å². The van der Waals surface area contributed by atoms with Crippen LogP contribution in [-0.4, -0.2) is 41.2 Å². The van der Waals surface area contributed by atoms with E-state index in [9.17, 15) is 9.59 Å². The SMILES string of the molecule is C=CCN(CC(=O)N(CCc1ccccc1)Cc1ccco1)C(=O)C1CC1c1ccccc1. The lowest BCUT2D eigenvalue weighted by Crippen LogP contribution is -2.44. The molecule has 0 spiro atoms. The van der Waals surface area contributed by atoms with Crippen LogP contribution in [0.2, 0.25) is 0 Å². The van der Waals surface area contributed by atoms with Crippen molar-refractivity contribution in [2.45, 2.75) is 25.3 Å². The molecule has 3 aromatic rings. The molecule has 1 aliphatic carbocycles. The summed E-state index contributed by atoms with van der Waals surface area (Å²) in [4.78, 5) is 30.0. The van der Waals surface area contributed by atoms with Gasteiger partial charge < -0.3 is 14.2 Å². The molecule has 1 aromatic heterocycles. The molecule has 5 heteroatoms. The average molecular weight is 443 g/mol. The third kappa shape index (κ3) is 6.01. The fourth-order valence-corrected chi connectivity index (χ4v) is 4.21. The van der Waals surface area contributed by atoms with Crippen molar-refractivity contribution in [2.24, 2.45) is 5.92 Å². The molecular weight excluding hydrogens is 412 g/mol. The molecule has 5 nitrogen and oxygen atoms in total. The Kier molecular flexibility index (Phi) is 7.40. The molecule has 1 heterocycles. The van der Waals surface area contributed by atoms with Crippen molar-refractivity contribution in [3.8, 4) is 0 Å². The van der Waals surface area contributed by atoms with Crippen molar-refractivity contribution >= 4 is 11.8 Å². The second-order valence-corrected chi connectivity index (χ2v) is 8.50. The topological polar surface area (TPSA) is 53.8 Å². The first-order valence-corrected chi connectivity index (χ1v) is 11.4. The first kappa shape index (κ1) is 22.6. The molecule has 1 aliphatic rings. The summed E-state index contributed by atoms with van der Waals surface area (Å²) >= 11 is 0. The average Bonchev–Trinajstić information content (AvgIpc) is 3.49. The monoisotopic (exact) mass is 442 g/mol. The molecule has 2 unspecified atom stereocenters. The molecule has 0 bridgehead atoms. The molecule has 2 atom stereocenters. The maximum Gasteiger partial charge on any atom is 0.242 e. The number of hydrogen-bond acceptors (Lipinski definition) is 3. The second kappa shape index (κ2) is 10.8. The van der Waals surface area contributed by atoms with Crippen LogP contribution in [0.5, 0.6) is 0 Å². The Hall–Kier alpha value is -3.60. The fourth-order valence-electron chi connectivity index (χ4n) is 4.21. The van der Waals surface area contributed by atoms with Gasteiger partial charge in [0, 0.05) is 19.0 Å². The molecule has 2 aromatic carbocycles. The Balaban J connectivity index is 1.42. The first-order chi connectivity index (χ1) is 16.2. The third-order valence-corrected chi connectivity index (χ3v) is 6.12. The molecular formula is C28H30N2O3. The molecule has 33 heavy (non-hydrogen) atoms. The highest BCUT2D eigenvalue weighted by Gasteiger charge is 2.45. The van der Waals surface area contributed by atoms with Gasteiger partial charge in [-0.15, -0.1) is 6.58 Å². The Morgan fingerprint density at radius 1 is 0.970 bits per heavy atom. The summed E-state index contributed by atoms with van der Waals surface area (Å²) in [6.45, 7) is 5.12. The number of rotatable bonds is 11. The van der Waals surface area contributed by atoms with Gasteiger partial charge in [0.2, 0.25) is 11.8 Å². The van der Waals surface area contributed by atoms with E-state index in [0.29, 0.717) is 19.6 Å². The number of amides is 2. The van der Waals surface area contributed by atoms with E-state index in [-0.39, 0.29) is 30.2 Å². The maximum atomic E-state index is 13.3. The predicted octanol–water partition coefficient (Wildman–Crippen LogP) is 4.67.